The third-order valence-electron chi connectivity index (χ3n) is 2.33. The third kappa shape index (κ3) is 4.34. The minimum Gasteiger partial charge on any atom is -0.478 e. The van der Waals surface area contributed by atoms with Crippen LogP contribution in [-0.4, -0.2) is 26.0 Å². The molecule has 0 radical (unpaired) electrons. The van der Waals surface area contributed by atoms with E-state index in [0.29, 0.717) is 0 Å². The lowest BCUT2D eigenvalue weighted by Gasteiger charge is -2.19. The SMILES string of the molecule is CC(C)(C)CNS(=O)(=O)c1cc(C(=O)O)c(Cl)cc1Cl. The van der Waals surface area contributed by atoms with E-state index in [1.165, 1.54) is 0 Å². The van der Waals surface area contributed by atoms with Crippen molar-refractivity contribution >= 4 is 39.2 Å². The van der Waals surface area contributed by atoms with Gasteiger partial charge >= 0.3 is 5.97 Å². The van der Waals surface area contributed by atoms with Crippen LogP contribution in [0.3, 0.4) is 0 Å². The van der Waals surface area contributed by atoms with Gasteiger partial charge in [0.1, 0.15) is 4.90 Å². The van der Waals surface area contributed by atoms with Crippen molar-refractivity contribution in [1.82, 2.24) is 4.72 Å². The summed E-state index contributed by atoms with van der Waals surface area (Å²) in [5.74, 6) is -1.32. The zero-order valence-electron chi connectivity index (χ0n) is 11.2. The number of benzene rings is 1. The van der Waals surface area contributed by atoms with Crippen molar-refractivity contribution in [2.24, 2.45) is 5.41 Å². The topological polar surface area (TPSA) is 83.5 Å². The number of carboxylic acids is 1. The van der Waals surface area contributed by atoms with Crippen molar-refractivity contribution < 1.29 is 18.3 Å². The Morgan fingerprint density at radius 2 is 1.80 bits per heavy atom. The average Bonchev–Trinajstić information content (AvgIpc) is 2.24. The smallest absolute Gasteiger partial charge is 0.337 e. The molecule has 0 bridgehead atoms. The highest BCUT2D eigenvalue weighted by atomic mass is 35.5. The Bertz CT molecular complexity index is 636. The molecule has 20 heavy (non-hydrogen) atoms. The summed E-state index contributed by atoms with van der Waals surface area (Å²) in [5, 5.41) is 8.73. The Hall–Kier alpha value is -0.820. The lowest BCUT2D eigenvalue weighted by molar-refractivity contribution is 0.0697. The molecule has 0 unspecified atom stereocenters. The van der Waals surface area contributed by atoms with Gasteiger partial charge in [0.15, 0.2) is 0 Å². The molecule has 0 fully saturated rings. The summed E-state index contributed by atoms with van der Waals surface area (Å²) in [6.07, 6.45) is 0. The molecule has 2 N–H and O–H groups in total. The molecule has 0 aliphatic carbocycles. The highest BCUT2D eigenvalue weighted by Crippen LogP contribution is 2.29. The van der Waals surface area contributed by atoms with E-state index < -0.39 is 16.0 Å². The van der Waals surface area contributed by atoms with Crippen molar-refractivity contribution in [3.63, 3.8) is 0 Å². The van der Waals surface area contributed by atoms with E-state index in [1.54, 1.807) is 0 Å². The maximum absolute atomic E-state index is 12.2. The van der Waals surface area contributed by atoms with Gasteiger partial charge in [-0.3, -0.25) is 0 Å². The normalized spacial score (nSPS) is 12.4. The van der Waals surface area contributed by atoms with Crippen LogP contribution in [0, 0.1) is 5.41 Å². The maximum atomic E-state index is 12.2. The minimum absolute atomic E-state index is 0.114. The molecular weight excluding hydrogens is 325 g/mol. The largest absolute Gasteiger partial charge is 0.478 e. The van der Waals surface area contributed by atoms with Crippen LogP contribution in [0.25, 0.3) is 0 Å². The first-order valence-electron chi connectivity index (χ1n) is 5.66. The number of carbonyl (C=O) groups is 1. The molecule has 0 saturated carbocycles. The molecule has 0 heterocycles. The van der Waals surface area contributed by atoms with Crippen molar-refractivity contribution in [3.8, 4) is 0 Å². The average molecular weight is 340 g/mol. The standard InChI is InChI=1S/C12H15Cl2NO4S/c1-12(2,3)6-15-20(18,19)10-4-7(11(16)17)8(13)5-9(10)14/h4-5,15H,6H2,1-3H3,(H,16,17). The monoisotopic (exact) mass is 339 g/mol. The van der Waals surface area contributed by atoms with E-state index in [4.69, 9.17) is 28.3 Å². The zero-order chi connectivity index (χ0) is 15.7. The van der Waals surface area contributed by atoms with Gasteiger partial charge in [0, 0.05) is 6.54 Å². The number of rotatable bonds is 4. The molecule has 0 saturated heterocycles. The molecule has 0 amide bonds. The van der Waals surface area contributed by atoms with Crippen LogP contribution in [0.4, 0.5) is 0 Å². The lowest BCUT2D eigenvalue weighted by Crippen LogP contribution is -2.32. The summed E-state index contributed by atoms with van der Waals surface area (Å²) < 4.78 is 26.7. The Morgan fingerprint density at radius 1 is 1.25 bits per heavy atom. The first kappa shape index (κ1) is 17.2. The molecular formula is C12H15Cl2NO4S. The van der Waals surface area contributed by atoms with Crippen molar-refractivity contribution in [3.05, 3.63) is 27.7 Å². The number of aromatic carboxylic acids is 1. The number of nitrogens with one attached hydrogen (secondary N) is 1. The molecule has 0 atom stereocenters. The second-order valence-corrected chi connectivity index (χ2v) is 8.00. The van der Waals surface area contributed by atoms with Crippen LogP contribution in [0.2, 0.25) is 10.0 Å². The van der Waals surface area contributed by atoms with Crippen LogP contribution in [0.1, 0.15) is 31.1 Å². The first-order chi connectivity index (χ1) is 8.94. The minimum atomic E-state index is -3.90. The molecule has 0 aliphatic heterocycles. The Morgan fingerprint density at radius 3 is 2.25 bits per heavy atom. The highest BCUT2D eigenvalue weighted by molar-refractivity contribution is 7.89. The Kier molecular flexibility index (Phi) is 5.08. The number of carboxylic acid groups (broad SMARTS) is 1. The molecule has 5 nitrogen and oxygen atoms in total. The van der Waals surface area contributed by atoms with E-state index in [0.717, 1.165) is 12.1 Å². The van der Waals surface area contributed by atoms with Crippen molar-refractivity contribution in [2.45, 2.75) is 25.7 Å². The van der Waals surface area contributed by atoms with E-state index in [9.17, 15) is 13.2 Å². The van der Waals surface area contributed by atoms with Gasteiger partial charge in [-0.05, 0) is 17.5 Å². The van der Waals surface area contributed by atoms with Crippen LogP contribution in [0.15, 0.2) is 17.0 Å². The molecule has 8 heteroatoms. The van der Waals surface area contributed by atoms with E-state index in [2.05, 4.69) is 4.72 Å². The van der Waals surface area contributed by atoms with Gasteiger partial charge < -0.3 is 5.11 Å². The van der Waals surface area contributed by atoms with Gasteiger partial charge in [0.2, 0.25) is 10.0 Å². The Balaban J connectivity index is 3.25. The maximum Gasteiger partial charge on any atom is 0.337 e. The molecule has 0 aromatic heterocycles. The van der Waals surface area contributed by atoms with Gasteiger partial charge in [-0.1, -0.05) is 44.0 Å². The summed E-state index contributed by atoms with van der Waals surface area (Å²) in [4.78, 5) is 10.7. The molecule has 1 aromatic carbocycles. The molecule has 0 aliphatic rings. The number of hydrogen-bond acceptors (Lipinski definition) is 3. The zero-order valence-corrected chi connectivity index (χ0v) is 13.5. The van der Waals surface area contributed by atoms with E-state index in [1.807, 2.05) is 20.8 Å². The summed E-state index contributed by atoms with van der Waals surface area (Å²) in [7, 11) is -3.90. The highest BCUT2D eigenvalue weighted by Gasteiger charge is 2.24. The van der Waals surface area contributed by atoms with Crippen LogP contribution < -0.4 is 4.72 Å². The summed E-state index contributed by atoms with van der Waals surface area (Å²) in [5.41, 5.74) is -0.575. The molecule has 112 valence electrons. The van der Waals surface area contributed by atoms with Crippen molar-refractivity contribution in [2.75, 3.05) is 6.54 Å². The summed E-state index contributed by atoms with van der Waals surface area (Å²) >= 11 is 11.6. The number of sulfonamides is 1. The predicted octanol–water partition coefficient (Wildman–Crippen LogP) is 3.02. The van der Waals surface area contributed by atoms with Gasteiger partial charge in [-0.15, -0.1) is 0 Å². The first-order valence-corrected chi connectivity index (χ1v) is 7.90. The fraction of sp³-hybridized carbons (Fsp3) is 0.417. The number of hydrogen-bond donors (Lipinski definition) is 2. The number of halogens is 2. The third-order valence-corrected chi connectivity index (χ3v) is 4.51. The Labute approximate surface area is 127 Å². The van der Waals surface area contributed by atoms with Gasteiger partial charge in [0.05, 0.1) is 15.6 Å². The predicted molar refractivity (Wildman–Crippen MR) is 78.1 cm³/mol. The van der Waals surface area contributed by atoms with Crippen LogP contribution in [-0.2, 0) is 10.0 Å². The van der Waals surface area contributed by atoms with Crippen LogP contribution in [0.5, 0.6) is 0 Å². The molecule has 1 rings (SSSR count). The fourth-order valence-electron chi connectivity index (χ4n) is 1.29. The fourth-order valence-corrected chi connectivity index (χ4v) is 3.42. The van der Waals surface area contributed by atoms with Crippen molar-refractivity contribution in [1.29, 1.82) is 0 Å². The second-order valence-electron chi connectivity index (χ2n) is 5.45. The van der Waals surface area contributed by atoms with E-state index >= 15 is 0 Å². The van der Waals surface area contributed by atoms with E-state index in [-0.39, 0.29) is 32.5 Å². The van der Waals surface area contributed by atoms with Gasteiger partial charge in [0.25, 0.3) is 0 Å². The second kappa shape index (κ2) is 5.89. The quantitative estimate of drug-likeness (QED) is 0.882. The van der Waals surface area contributed by atoms with Crippen LogP contribution >= 0.6 is 23.2 Å². The summed E-state index contributed by atoms with van der Waals surface area (Å²) in [6.45, 7) is 5.78. The van der Waals surface area contributed by atoms with Gasteiger partial charge in [-0.25, -0.2) is 17.9 Å². The summed E-state index contributed by atoms with van der Waals surface area (Å²) in [6, 6.07) is 2.07. The lowest BCUT2D eigenvalue weighted by atomic mass is 9.98. The molecule has 1 aromatic rings. The van der Waals surface area contributed by atoms with Gasteiger partial charge in [-0.2, -0.15) is 0 Å². The molecule has 0 spiro atoms.